The lowest BCUT2D eigenvalue weighted by Gasteiger charge is -2.22. The number of carbonyl (C=O) groups excluding carboxylic acids is 1. The van der Waals surface area contributed by atoms with E-state index in [1.165, 1.54) is 17.8 Å². The third-order valence-corrected chi connectivity index (χ3v) is 6.13. The van der Waals surface area contributed by atoms with Crippen molar-refractivity contribution in [1.82, 2.24) is 14.8 Å². The van der Waals surface area contributed by atoms with Crippen LogP contribution in [0.3, 0.4) is 0 Å². The molecule has 0 aliphatic rings. The Kier molecular flexibility index (Phi) is 8.82. The number of hydrogen-bond acceptors (Lipinski definition) is 6. The summed E-state index contributed by atoms with van der Waals surface area (Å²) in [6.45, 7) is 8.51. The van der Waals surface area contributed by atoms with E-state index < -0.39 is 5.82 Å². The van der Waals surface area contributed by atoms with Crippen molar-refractivity contribution in [3.63, 3.8) is 0 Å². The second-order valence-electron chi connectivity index (χ2n) is 7.53. The number of benzene rings is 2. The first-order valence-electron chi connectivity index (χ1n) is 10.7. The van der Waals surface area contributed by atoms with Gasteiger partial charge in [-0.3, -0.25) is 9.36 Å². The minimum absolute atomic E-state index is 0.0210. The predicted octanol–water partition coefficient (Wildman–Crippen LogP) is 4.84. The number of aryl methyl sites for hydroxylation is 2. The van der Waals surface area contributed by atoms with Crippen LogP contribution >= 0.6 is 11.8 Å². The Hall–Kier alpha value is -3.64. The van der Waals surface area contributed by atoms with Gasteiger partial charge in [0.25, 0.3) is 0 Å². The molecule has 0 saturated carbocycles. The summed E-state index contributed by atoms with van der Waals surface area (Å²) in [5.74, 6) is 0.138. The van der Waals surface area contributed by atoms with Gasteiger partial charge in [0.2, 0.25) is 5.91 Å². The Bertz CT molecular complexity index is 1200. The van der Waals surface area contributed by atoms with Crippen LogP contribution in [0.4, 0.5) is 10.1 Å². The number of allylic oxidation sites excluding steroid dienone is 1. The van der Waals surface area contributed by atoms with Crippen molar-refractivity contribution in [1.29, 1.82) is 5.26 Å². The van der Waals surface area contributed by atoms with Gasteiger partial charge in [0.15, 0.2) is 22.5 Å². The molecule has 0 atom stereocenters. The van der Waals surface area contributed by atoms with Gasteiger partial charge in [0, 0.05) is 18.8 Å². The zero-order chi connectivity index (χ0) is 24.5. The molecule has 0 aliphatic heterocycles. The Labute approximate surface area is 202 Å². The lowest BCUT2D eigenvalue weighted by molar-refractivity contribution is -0.116. The van der Waals surface area contributed by atoms with Crippen molar-refractivity contribution >= 4 is 23.4 Å². The number of aromatic nitrogens is 3. The fourth-order valence-electron chi connectivity index (χ4n) is 3.21. The molecule has 0 aliphatic carbocycles. The number of para-hydroxylation sites is 1. The molecular formula is C25H26FN5O2S. The number of rotatable bonds is 11. The molecule has 0 bridgehead atoms. The summed E-state index contributed by atoms with van der Waals surface area (Å²) in [4.78, 5) is 14.7. The van der Waals surface area contributed by atoms with E-state index in [1.807, 2.05) is 32.0 Å². The summed E-state index contributed by atoms with van der Waals surface area (Å²) < 4.78 is 21.2. The number of carbonyl (C=O) groups is 1. The minimum atomic E-state index is -0.457. The fraction of sp³-hybridized carbons (Fsp3) is 0.280. The van der Waals surface area contributed by atoms with Gasteiger partial charge in [-0.05, 0) is 49.2 Å². The zero-order valence-corrected chi connectivity index (χ0v) is 20.0. The number of amides is 1. The standard InChI is InChI=1S/C25H26FN5O2S/c1-4-13-31-23(16-33-22-9-6-5-8-21(22)26)28-29-25(31)34-17-24(32)30(14-7-12-27)20-11-10-18(2)19(3)15-20/h4-6,8-11,15H,1,7,13-14,16-17H2,2-3H3. The molecule has 0 spiro atoms. The van der Waals surface area contributed by atoms with E-state index in [0.717, 1.165) is 16.8 Å². The zero-order valence-electron chi connectivity index (χ0n) is 19.2. The number of nitriles is 1. The lowest BCUT2D eigenvalue weighted by atomic mass is 10.1. The van der Waals surface area contributed by atoms with E-state index in [9.17, 15) is 9.18 Å². The number of halogens is 1. The monoisotopic (exact) mass is 479 g/mol. The van der Waals surface area contributed by atoms with Crippen LogP contribution in [0.2, 0.25) is 0 Å². The molecule has 1 heterocycles. The molecule has 2 aromatic carbocycles. The van der Waals surface area contributed by atoms with Crippen LogP contribution in [-0.2, 0) is 17.9 Å². The summed E-state index contributed by atoms with van der Waals surface area (Å²) in [6, 6.07) is 14.1. The molecule has 3 aromatic rings. The molecule has 0 unspecified atom stereocenters. The molecule has 0 N–H and O–H groups in total. The molecule has 7 nitrogen and oxygen atoms in total. The number of anilines is 1. The lowest BCUT2D eigenvalue weighted by Crippen LogP contribution is -2.33. The predicted molar refractivity (Wildman–Crippen MR) is 130 cm³/mol. The molecule has 3 rings (SSSR count). The molecular weight excluding hydrogens is 453 g/mol. The van der Waals surface area contributed by atoms with Crippen molar-refractivity contribution in [3.8, 4) is 11.8 Å². The van der Waals surface area contributed by atoms with E-state index in [4.69, 9.17) is 10.00 Å². The summed E-state index contributed by atoms with van der Waals surface area (Å²) in [5, 5.41) is 17.9. The summed E-state index contributed by atoms with van der Waals surface area (Å²) in [7, 11) is 0. The molecule has 0 radical (unpaired) electrons. The quantitative estimate of drug-likeness (QED) is 0.289. The number of hydrogen-bond donors (Lipinski definition) is 0. The highest BCUT2D eigenvalue weighted by molar-refractivity contribution is 7.99. The van der Waals surface area contributed by atoms with Crippen LogP contribution in [0.15, 0.2) is 60.3 Å². The van der Waals surface area contributed by atoms with E-state index >= 15 is 0 Å². The second-order valence-corrected chi connectivity index (χ2v) is 8.47. The second kappa shape index (κ2) is 12.0. The third kappa shape index (κ3) is 6.23. The first-order valence-corrected chi connectivity index (χ1v) is 11.7. The number of thioether (sulfide) groups is 1. The highest BCUT2D eigenvalue weighted by Crippen LogP contribution is 2.24. The summed E-state index contributed by atoms with van der Waals surface area (Å²) in [5.41, 5.74) is 2.97. The van der Waals surface area contributed by atoms with Gasteiger partial charge in [-0.2, -0.15) is 5.26 Å². The summed E-state index contributed by atoms with van der Waals surface area (Å²) >= 11 is 1.24. The highest BCUT2D eigenvalue weighted by Gasteiger charge is 2.19. The van der Waals surface area contributed by atoms with Gasteiger partial charge in [-0.25, -0.2) is 4.39 Å². The summed E-state index contributed by atoms with van der Waals surface area (Å²) in [6.07, 6.45) is 1.92. The van der Waals surface area contributed by atoms with Crippen LogP contribution in [0.1, 0.15) is 23.4 Å². The van der Waals surface area contributed by atoms with Crippen LogP contribution in [0.5, 0.6) is 5.75 Å². The van der Waals surface area contributed by atoms with Crippen LogP contribution in [-0.4, -0.2) is 33.0 Å². The molecule has 34 heavy (non-hydrogen) atoms. The molecule has 0 fully saturated rings. The first-order chi connectivity index (χ1) is 16.4. The highest BCUT2D eigenvalue weighted by atomic mass is 32.2. The molecule has 0 saturated heterocycles. The van der Waals surface area contributed by atoms with Crippen LogP contribution in [0, 0.1) is 31.0 Å². The third-order valence-electron chi connectivity index (χ3n) is 5.17. The maximum Gasteiger partial charge on any atom is 0.237 e. The van der Waals surface area contributed by atoms with E-state index in [0.29, 0.717) is 24.1 Å². The molecule has 9 heteroatoms. The van der Waals surface area contributed by atoms with E-state index in [1.54, 1.807) is 33.7 Å². The Morgan fingerprint density at radius 2 is 2.06 bits per heavy atom. The van der Waals surface area contributed by atoms with Crippen molar-refractivity contribution < 1.29 is 13.9 Å². The van der Waals surface area contributed by atoms with Gasteiger partial charge in [-0.1, -0.05) is 36.0 Å². The topological polar surface area (TPSA) is 84.0 Å². The van der Waals surface area contributed by atoms with Gasteiger partial charge in [-0.15, -0.1) is 16.8 Å². The SMILES string of the molecule is C=CCn1c(COc2ccccc2F)nnc1SCC(=O)N(CCC#N)c1ccc(C)c(C)c1. The Morgan fingerprint density at radius 1 is 1.26 bits per heavy atom. The number of ether oxygens (including phenoxy) is 1. The maximum absolute atomic E-state index is 13.9. The first kappa shape index (κ1) is 25.0. The van der Waals surface area contributed by atoms with Gasteiger partial charge in [0.05, 0.1) is 18.2 Å². The van der Waals surface area contributed by atoms with Crippen LogP contribution in [0.25, 0.3) is 0 Å². The normalized spacial score (nSPS) is 10.5. The Balaban J connectivity index is 1.72. The molecule has 1 aromatic heterocycles. The van der Waals surface area contributed by atoms with E-state index in [-0.39, 0.29) is 30.4 Å². The van der Waals surface area contributed by atoms with Gasteiger partial charge < -0.3 is 9.64 Å². The van der Waals surface area contributed by atoms with Crippen molar-refractivity contribution in [3.05, 3.63) is 77.9 Å². The largest absolute Gasteiger partial charge is 0.483 e. The minimum Gasteiger partial charge on any atom is -0.483 e. The van der Waals surface area contributed by atoms with Crippen molar-refractivity contribution in [2.24, 2.45) is 0 Å². The van der Waals surface area contributed by atoms with Crippen LogP contribution < -0.4 is 9.64 Å². The Morgan fingerprint density at radius 3 is 2.76 bits per heavy atom. The van der Waals surface area contributed by atoms with Gasteiger partial charge >= 0.3 is 0 Å². The van der Waals surface area contributed by atoms with Gasteiger partial charge in [0.1, 0.15) is 6.61 Å². The molecule has 1 amide bonds. The average Bonchev–Trinajstić information content (AvgIpc) is 3.21. The fourth-order valence-corrected chi connectivity index (χ4v) is 4.05. The molecule has 176 valence electrons. The van der Waals surface area contributed by atoms with Crippen molar-refractivity contribution in [2.75, 3.05) is 17.2 Å². The van der Waals surface area contributed by atoms with E-state index in [2.05, 4.69) is 22.8 Å². The number of nitrogens with zero attached hydrogens (tertiary/aromatic N) is 5. The smallest absolute Gasteiger partial charge is 0.237 e. The average molecular weight is 480 g/mol. The maximum atomic E-state index is 13.9. The van der Waals surface area contributed by atoms with Crippen molar-refractivity contribution in [2.45, 2.75) is 38.6 Å².